The van der Waals surface area contributed by atoms with E-state index in [-0.39, 0.29) is 18.8 Å². The number of benzene rings is 1. The Labute approximate surface area is 131 Å². The molecule has 0 aliphatic rings. The molecular weight excluding hydrogens is 306 g/mol. The van der Waals surface area contributed by atoms with Crippen LogP contribution in [-0.2, 0) is 4.79 Å². The first-order valence-corrected chi connectivity index (χ1v) is 7.02. The van der Waals surface area contributed by atoms with Crippen molar-refractivity contribution >= 4 is 17.5 Å². The largest absolute Gasteiger partial charge is 0.456 e. The Kier molecular flexibility index (Phi) is 5.10. The minimum atomic E-state index is -0.880. The molecule has 122 valence electrons. The van der Waals surface area contributed by atoms with Crippen molar-refractivity contribution in [2.75, 3.05) is 18.4 Å². The molecule has 0 aliphatic carbocycles. The fourth-order valence-corrected chi connectivity index (χ4v) is 2.00. The molecule has 0 saturated carbocycles. The van der Waals surface area contributed by atoms with Crippen LogP contribution in [0.2, 0.25) is 0 Å². The average Bonchev–Trinajstić information content (AvgIpc) is 2.94. The number of likely N-dealkylation sites (N-methyl/N-ethyl adjacent to an activating group) is 1. The van der Waals surface area contributed by atoms with Gasteiger partial charge < -0.3 is 14.6 Å². The number of hydrogen-bond acceptors (Lipinski definition) is 3. The molecule has 7 heteroatoms. The van der Waals surface area contributed by atoms with E-state index in [9.17, 15) is 18.4 Å². The molecule has 2 amide bonds. The Morgan fingerprint density at radius 1 is 1.17 bits per heavy atom. The van der Waals surface area contributed by atoms with Crippen LogP contribution in [0.5, 0.6) is 0 Å². The van der Waals surface area contributed by atoms with Crippen LogP contribution in [0, 0.1) is 18.6 Å². The lowest BCUT2D eigenvalue weighted by Crippen LogP contribution is -2.38. The van der Waals surface area contributed by atoms with Crippen LogP contribution in [0.3, 0.4) is 0 Å². The van der Waals surface area contributed by atoms with Crippen LogP contribution < -0.4 is 5.32 Å². The molecule has 0 saturated heterocycles. The van der Waals surface area contributed by atoms with Gasteiger partial charge in [0.2, 0.25) is 5.91 Å². The van der Waals surface area contributed by atoms with Crippen molar-refractivity contribution in [1.29, 1.82) is 0 Å². The second kappa shape index (κ2) is 7.04. The third kappa shape index (κ3) is 3.94. The van der Waals surface area contributed by atoms with Crippen molar-refractivity contribution in [2.45, 2.75) is 13.8 Å². The van der Waals surface area contributed by atoms with Gasteiger partial charge in [-0.3, -0.25) is 9.59 Å². The van der Waals surface area contributed by atoms with Crippen LogP contribution in [-0.4, -0.2) is 29.8 Å². The monoisotopic (exact) mass is 322 g/mol. The van der Waals surface area contributed by atoms with Crippen molar-refractivity contribution in [2.24, 2.45) is 0 Å². The fourth-order valence-electron chi connectivity index (χ4n) is 2.00. The predicted octanol–water partition coefficient (Wildman–Crippen LogP) is 2.97. The number of amides is 2. The normalized spacial score (nSPS) is 10.4. The maximum absolute atomic E-state index is 13.5. The topological polar surface area (TPSA) is 62.6 Å². The van der Waals surface area contributed by atoms with Crippen LogP contribution in [0.4, 0.5) is 14.5 Å². The summed E-state index contributed by atoms with van der Waals surface area (Å²) in [7, 11) is 0. The SMILES string of the molecule is CCN(CC(=O)Nc1c(F)cccc1F)C(=O)c1ccc(C)o1. The van der Waals surface area contributed by atoms with E-state index in [1.54, 1.807) is 19.9 Å². The molecule has 2 rings (SSSR count). The number of para-hydroxylation sites is 1. The summed E-state index contributed by atoms with van der Waals surface area (Å²) in [5.74, 6) is -2.25. The maximum Gasteiger partial charge on any atom is 0.290 e. The second-order valence-corrected chi connectivity index (χ2v) is 4.87. The van der Waals surface area contributed by atoms with Crippen LogP contribution >= 0.6 is 0 Å². The highest BCUT2D eigenvalue weighted by Gasteiger charge is 2.21. The van der Waals surface area contributed by atoms with E-state index >= 15 is 0 Å². The van der Waals surface area contributed by atoms with E-state index in [1.165, 1.54) is 17.0 Å². The molecule has 1 heterocycles. The molecule has 23 heavy (non-hydrogen) atoms. The van der Waals surface area contributed by atoms with Crippen molar-refractivity contribution in [3.63, 3.8) is 0 Å². The lowest BCUT2D eigenvalue weighted by Gasteiger charge is -2.19. The fraction of sp³-hybridized carbons (Fsp3) is 0.250. The van der Waals surface area contributed by atoms with Gasteiger partial charge in [-0.05, 0) is 38.1 Å². The summed E-state index contributed by atoms with van der Waals surface area (Å²) in [4.78, 5) is 25.4. The van der Waals surface area contributed by atoms with Gasteiger partial charge in [-0.15, -0.1) is 0 Å². The highest BCUT2D eigenvalue weighted by atomic mass is 19.1. The van der Waals surface area contributed by atoms with Gasteiger partial charge in [-0.2, -0.15) is 0 Å². The van der Waals surface area contributed by atoms with E-state index in [1.807, 2.05) is 0 Å². The summed E-state index contributed by atoms with van der Waals surface area (Å²) in [6, 6.07) is 6.41. The first-order valence-electron chi connectivity index (χ1n) is 7.02. The molecule has 0 fully saturated rings. The van der Waals surface area contributed by atoms with Gasteiger partial charge >= 0.3 is 0 Å². The number of aryl methyl sites for hydroxylation is 1. The Bertz CT molecular complexity index is 708. The number of nitrogens with zero attached hydrogens (tertiary/aromatic N) is 1. The number of carbonyl (C=O) groups excluding carboxylic acids is 2. The van der Waals surface area contributed by atoms with Crippen LogP contribution in [0.25, 0.3) is 0 Å². The van der Waals surface area contributed by atoms with E-state index in [4.69, 9.17) is 4.42 Å². The van der Waals surface area contributed by atoms with Gasteiger partial charge in [0.15, 0.2) is 5.76 Å². The maximum atomic E-state index is 13.5. The standard InChI is InChI=1S/C16H16F2N2O3/c1-3-20(16(22)13-8-7-10(2)23-13)9-14(21)19-15-11(17)5-4-6-12(15)18/h4-8H,3,9H2,1-2H3,(H,19,21). The molecule has 0 radical (unpaired) electrons. The second-order valence-electron chi connectivity index (χ2n) is 4.87. The Hall–Kier alpha value is -2.70. The number of rotatable bonds is 5. The first kappa shape index (κ1) is 16.7. The van der Waals surface area contributed by atoms with E-state index in [0.717, 1.165) is 12.1 Å². The summed E-state index contributed by atoms with van der Waals surface area (Å²) in [6.07, 6.45) is 0. The summed E-state index contributed by atoms with van der Waals surface area (Å²) in [6.45, 7) is 3.28. The minimum Gasteiger partial charge on any atom is -0.456 e. The number of anilines is 1. The van der Waals surface area contributed by atoms with E-state index < -0.39 is 29.1 Å². The Morgan fingerprint density at radius 3 is 2.35 bits per heavy atom. The van der Waals surface area contributed by atoms with Gasteiger partial charge in [0.05, 0.1) is 0 Å². The quantitative estimate of drug-likeness (QED) is 0.920. The summed E-state index contributed by atoms with van der Waals surface area (Å²) < 4.78 is 32.2. The minimum absolute atomic E-state index is 0.106. The zero-order valence-corrected chi connectivity index (χ0v) is 12.7. The Morgan fingerprint density at radius 2 is 1.83 bits per heavy atom. The summed E-state index contributed by atoms with van der Waals surface area (Å²) in [5, 5.41) is 2.14. The average molecular weight is 322 g/mol. The zero-order valence-electron chi connectivity index (χ0n) is 12.7. The lowest BCUT2D eigenvalue weighted by atomic mass is 10.3. The molecule has 0 spiro atoms. The molecule has 5 nitrogen and oxygen atoms in total. The number of furan rings is 1. The van der Waals surface area contributed by atoms with E-state index in [2.05, 4.69) is 5.32 Å². The van der Waals surface area contributed by atoms with Gasteiger partial charge in [0.25, 0.3) is 5.91 Å². The number of halogens is 2. The third-order valence-electron chi connectivity index (χ3n) is 3.18. The summed E-state index contributed by atoms with van der Waals surface area (Å²) >= 11 is 0. The molecule has 0 unspecified atom stereocenters. The molecule has 0 aliphatic heterocycles. The molecule has 0 bridgehead atoms. The third-order valence-corrected chi connectivity index (χ3v) is 3.18. The Balaban J connectivity index is 2.07. The van der Waals surface area contributed by atoms with Crippen molar-refractivity contribution in [1.82, 2.24) is 4.90 Å². The summed E-state index contributed by atoms with van der Waals surface area (Å²) in [5.41, 5.74) is -0.533. The van der Waals surface area contributed by atoms with Crippen molar-refractivity contribution in [3.8, 4) is 0 Å². The van der Waals surface area contributed by atoms with Crippen molar-refractivity contribution < 1.29 is 22.8 Å². The number of carbonyl (C=O) groups is 2. The number of nitrogens with one attached hydrogen (secondary N) is 1. The molecule has 1 N–H and O–H groups in total. The lowest BCUT2D eigenvalue weighted by molar-refractivity contribution is -0.116. The molecular formula is C16H16F2N2O3. The molecule has 2 aromatic rings. The van der Waals surface area contributed by atoms with Crippen LogP contribution in [0.1, 0.15) is 23.2 Å². The number of hydrogen-bond donors (Lipinski definition) is 1. The highest BCUT2D eigenvalue weighted by molar-refractivity contribution is 5.98. The smallest absolute Gasteiger partial charge is 0.290 e. The van der Waals surface area contributed by atoms with Crippen LogP contribution in [0.15, 0.2) is 34.7 Å². The highest BCUT2D eigenvalue weighted by Crippen LogP contribution is 2.18. The van der Waals surface area contributed by atoms with Gasteiger partial charge in [0, 0.05) is 6.54 Å². The van der Waals surface area contributed by atoms with Crippen molar-refractivity contribution in [3.05, 3.63) is 53.5 Å². The van der Waals surface area contributed by atoms with E-state index in [0.29, 0.717) is 5.76 Å². The molecule has 0 atom stereocenters. The molecule has 1 aromatic carbocycles. The zero-order chi connectivity index (χ0) is 17.0. The van der Waals surface area contributed by atoms with Gasteiger partial charge in [-0.1, -0.05) is 6.07 Å². The predicted molar refractivity (Wildman–Crippen MR) is 80.0 cm³/mol. The van der Waals surface area contributed by atoms with Gasteiger partial charge in [-0.25, -0.2) is 8.78 Å². The first-order chi connectivity index (χ1) is 10.9. The van der Waals surface area contributed by atoms with Gasteiger partial charge in [0.1, 0.15) is 29.6 Å². The molecule has 1 aromatic heterocycles.